The highest BCUT2D eigenvalue weighted by atomic mass is 32.1. The van der Waals surface area contributed by atoms with Gasteiger partial charge in [0.05, 0.1) is 6.20 Å². The summed E-state index contributed by atoms with van der Waals surface area (Å²) in [5, 5.41) is 10.3. The Morgan fingerprint density at radius 2 is 2.10 bits per heavy atom. The molecule has 20 heavy (non-hydrogen) atoms. The van der Waals surface area contributed by atoms with Gasteiger partial charge in [0.15, 0.2) is 5.76 Å². The summed E-state index contributed by atoms with van der Waals surface area (Å²) >= 11 is 1.04. The van der Waals surface area contributed by atoms with Gasteiger partial charge < -0.3 is 9.84 Å². The zero-order valence-corrected chi connectivity index (χ0v) is 11.3. The highest BCUT2D eigenvalue weighted by Gasteiger charge is 2.18. The van der Waals surface area contributed by atoms with Crippen molar-refractivity contribution in [2.75, 3.05) is 5.32 Å². The minimum absolute atomic E-state index is 0.275. The smallest absolute Gasteiger partial charge is 0.269 e. The molecule has 0 unspecified atom stereocenters. The molecule has 0 spiro atoms. The molecule has 3 aromatic rings. The standard InChI is InChI=1S/C13H10N4O2S/c1-8-11(15-13(18)10-7-14-17-20-10)12(19-16-8)9-5-3-2-4-6-9/h2-7H,1H3,(H,15,18). The van der Waals surface area contributed by atoms with Gasteiger partial charge in [-0.2, -0.15) is 0 Å². The topological polar surface area (TPSA) is 80.9 Å². The van der Waals surface area contributed by atoms with Crippen LogP contribution < -0.4 is 5.32 Å². The first kappa shape index (κ1) is 12.5. The maximum Gasteiger partial charge on any atom is 0.269 e. The highest BCUT2D eigenvalue weighted by Crippen LogP contribution is 2.31. The molecule has 0 atom stereocenters. The van der Waals surface area contributed by atoms with Crippen molar-refractivity contribution in [2.45, 2.75) is 6.92 Å². The van der Waals surface area contributed by atoms with E-state index in [1.54, 1.807) is 6.92 Å². The highest BCUT2D eigenvalue weighted by molar-refractivity contribution is 7.07. The van der Waals surface area contributed by atoms with Gasteiger partial charge in [0.2, 0.25) is 0 Å². The van der Waals surface area contributed by atoms with E-state index in [0.29, 0.717) is 22.0 Å². The summed E-state index contributed by atoms with van der Waals surface area (Å²) in [4.78, 5) is 12.5. The zero-order chi connectivity index (χ0) is 13.9. The van der Waals surface area contributed by atoms with Crippen molar-refractivity contribution in [1.82, 2.24) is 14.7 Å². The van der Waals surface area contributed by atoms with Gasteiger partial charge in [-0.3, -0.25) is 4.79 Å². The molecule has 3 rings (SSSR count). The second-order valence-electron chi connectivity index (χ2n) is 4.07. The van der Waals surface area contributed by atoms with Crippen LogP contribution in [-0.2, 0) is 0 Å². The van der Waals surface area contributed by atoms with Gasteiger partial charge in [-0.15, -0.1) is 5.10 Å². The summed E-state index contributed by atoms with van der Waals surface area (Å²) in [5.41, 5.74) is 2.04. The Labute approximate surface area is 118 Å². The SMILES string of the molecule is Cc1noc(-c2ccccc2)c1NC(=O)c1cnns1. The summed E-state index contributed by atoms with van der Waals surface area (Å²) in [6.45, 7) is 1.77. The molecule has 7 heteroatoms. The van der Waals surface area contributed by atoms with Crippen LogP contribution in [0.3, 0.4) is 0 Å². The van der Waals surface area contributed by atoms with Crippen molar-refractivity contribution in [1.29, 1.82) is 0 Å². The number of amides is 1. The van der Waals surface area contributed by atoms with Crippen LogP contribution in [0, 0.1) is 6.92 Å². The number of rotatable bonds is 3. The molecule has 2 heterocycles. The van der Waals surface area contributed by atoms with E-state index < -0.39 is 0 Å². The van der Waals surface area contributed by atoms with Gasteiger partial charge in [0.1, 0.15) is 16.3 Å². The van der Waals surface area contributed by atoms with E-state index in [4.69, 9.17) is 4.52 Å². The number of carbonyl (C=O) groups is 1. The number of anilines is 1. The Bertz CT molecular complexity index is 722. The molecule has 100 valence electrons. The lowest BCUT2D eigenvalue weighted by Crippen LogP contribution is -2.11. The molecule has 0 aliphatic carbocycles. The van der Waals surface area contributed by atoms with Crippen molar-refractivity contribution in [2.24, 2.45) is 0 Å². The Balaban J connectivity index is 1.94. The molecule has 1 amide bonds. The number of nitrogens with zero attached hydrogens (tertiary/aromatic N) is 3. The molecular weight excluding hydrogens is 276 g/mol. The minimum Gasteiger partial charge on any atom is -0.354 e. The van der Waals surface area contributed by atoms with Crippen LogP contribution in [0.2, 0.25) is 0 Å². The summed E-state index contributed by atoms with van der Waals surface area (Å²) in [5.74, 6) is 0.261. The van der Waals surface area contributed by atoms with E-state index in [9.17, 15) is 4.79 Å². The fraction of sp³-hybridized carbons (Fsp3) is 0.0769. The van der Waals surface area contributed by atoms with E-state index >= 15 is 0 Å². The molecule has 0 saturated heterocycles. The van der Waals surface area contributed by atoms with E-state index in [2.05, 4.69) is 20.1 Å². The maximum atomic E-state index is 12.1. The van der Waals surface area contributed by atoms with Crippen LogP contribution >= 0.6 is 11.5 Å². The monoisotopic (exact) mass is 286 g/mol. The van der Waals surface area contributed by atoms with Crippen LogP contribution in [0.4, 0.5) is 5.69 Å². The fourth-order valence-corrected chi connectivity index (χ4v) is 2.16. The lowest BCUT2D eigenvalue weighted by Gasteiger charge is -2.03. The average Bonchev–Trinajstić information content (AvgIpc) is 3.11. The predicted molar refractivity (Wildman–Crippen MR) is 74.5 cm³/mol. The summed E-state index contributed by atoms with van der Waals surface area (Å²) in [7, 11) is 0. The molecule has 0 radical (unpaired) electrons. The lowest BCUT2D eigenvalue weighted by molar-refractivity contribution is 0.103. The molecule has 2 aromatic heterocycles. The number of nitrogens with one attached hydrogen (secondary N) is 1. The van der Waals surface area contributed by atoms with E-state index in [1.807, 2.05) is 30.3 Å². The number of hydrogen-bond acceptors (Lipinski definition) is 6. The first-order chi connectivity index (χ1) is 9.75. The second-order valence-corrected chi connectivity index (χ2v) is 4.86. The Morgan fingerprint density at radius 3 is 2.80 bits per heavy atom. The third-order valence-corrected chi connectivity index (χ3v) is 3.39. The lowest BCUT2D eigenvalue weighted by atomic mass is 10.1. The number of hydrogen-bond donors (Lipinski definition) is 1. The fourth-order valence-electron chi connectivity index (χ4n) is 1.75. The van der Waals surface area contributed by atoms with Gasteiger partial charge in [-0.05, 0) is 18.5 Å². The largest absolute Gasteiger partial charge is 0.354 e. The van der Waals surface area contributed by atoms with Crippen molar-refractivity contribution in [3.63, 3.8) is 0 Å². The molecular formula is C13H10N4O2S. The van der Waals surface area contributed by atoms with Crippen molar-refractivity contribution >= 4 is 23.1 Å². The Hall–Kier alpha value is -2.54. The molecule has 0 aliphatic rings. The molecule has 0 aliphatic heterocycles. The Morgan fingerprint density at radius 1 is 1.30 bits per heavy atom. The molecule has 0 saturated carbocycles. The van der Waals surface area contributed by atoms with Crippen molar-refractivity contribution in [3.8, 4) is 11.3 Å². The van der Waals surface area contributed by atoms with E-state index in [-0.39, 0.29) is 5.91 Å². The van der Waals surface area contributed by atoms with Crippen molar-refractivity contribution < 1.29 is 9.32 Å². The van der Waals surface area contributed by atoms with Crippen LogP contribution in [-0.4, -0.2) is 20.7 Å². The first-order valence-corrected chi connectivity index (χ1v) is 6.63. The molecule has 0 fully saturated rings. The quantitative estimate of drug-likeness (QED) is 0.800. The van der Waals surface area contributed by atoms with E-state index in [1.165, 1.54) is 6.20 Å². The van der Waals surface area contributed by atoms with Gasteiger partial charge in [0.25, 0.3) is 5.91 Å². The average molecular weight is 286 g/mol. The second kappa shape index (κ2) is 5.22. The van der Waals surface area contributed by atoms with E-state index in [0.717, 1.165) is 17.1 Å². The number of aryl methyl sites for hydroxylation is 1. The minimum atomic E-state index is -0.275. The van der Waals surface area contributed by atoms with Crippen LogP contribution in [0.1, 0.15) is 15.4 Å². The summed E-state index contributed by atoms with van der Waals surface area (Å²) in [6.07, 6.45) is 1.42. The zero-order valence-electron chi connectivity index (χ0n) is 10.5. The normalized spacial score (nSPS) is 10.4. The van der Waals surface area contributed by atoms with Gasteiger partial charge in [-0.25, -0.2) is 0 Å². The van der Waals surface area contributed by atoms with Crippen LogP contribution in [0.5, 0.6) is 0 Å². The molecule has 6 nitrogen and oxygen atoms in total. The van der Waals surface area contributed by atoms with Gasteiger partial charge in [-0.1, -0.05) is 40.0 Å². The van der Waals surface area contributed by atoms with Crippen LogP contribution in [0.25, 0.3) is 11.3 Å². The summed E-state index contributed by atoms with van der Waals surface area (Å²) < 4.78 is 8.97. The number of carbonyl (C=O) groups excluding carboxylic acids is 1. The number of benzene rings is 1. The van der Waals surface area contributed by atoms with Crippen molar-refractivity contribution in [3.05, 3.63) is 47.1 Å². The maximum absolute atomic E-state index is 12.1. The summed E-state index contributed by atoms with van der Waals surface area (Å²) in [6, 6.07) is 9.49. The number of aromatic nitrogens is 3. The predicted octanol–water partition coefficient (Wildman–Crippen LogP) is 2.75. The van der Waals surface area contributed by atoms with Gasteiger partial charge >= 0.3 is 0 Å². The van der Waals surface area contributed by atoms with Crippen LogP contribution in [0.15, 0.2) is 41.1 Å². The molecule has 1 aromatic carbocycles. The molecule has 0 bridgehead atoms. The third-order valence-electron chi connectivity index (χ3n) is 2.72. The molecule has 1 N–H and O–H groups in total. The van der Waals surface area contributed by atoms with Gasteiger partial charge in [0, 0.05) is 5.56 Å². The first-order valence-electron chi connectivity index (χ1n) is 5.86. The third kappa shape index (κ3) is 2.30. The Kier molecular flexibility index (Phi) is 3.26.